The Morgan fingerprint density at radius 2 is 2.05 bits per heavy atom. The number of aromatic nitrogens is 2. The third-order valence-corrected chi connectivity index (χ3v) is 4.51. The molecule has 0 aliphatic carbocycles. The SMILES string of the molecule is Cc1csc2c(NC(CO)Cc3ccccc3)ncnc12. The minimum atomic E-state index is -0.0621. The molecule has 1 atom stereocenters. The van der Waals surface area contributed by atoms with E-state index in [0.717, 1.165) is 28.0 Å². The molecule has 0 saturated carbocycles. The fraction of sp³-hybridized carbons (Fsp3) is 0.250. The van der Waals surface area contributed by atoms with Crippen molar-refractivity contribution in [1.29, 1.82) is 0 Å². The number of aryl methyl sites for hydroxylation is 1. The minimum Gasteiger partial charge on any atom is -0.394 e. The zero-order chi connectivity index (χ0) is 14.7. The Morgan fingerprint density at radius 3 is 2.81 bits per heavy atom. The Morgan fingerprint density at radius 1 is 1.24 bits per heavy atom. The molecule has 3 rings (SSSR count). The van der Waals surface area contributed by atoms with Gasteiger partial charge >= 0.3 is 0 Å². The van der Waals surface area contributed by atoms with Crippen LogP contribution in [-0.2, 0) is 6.42 Å². The van der Waals surface area contributed by atoms with E-state index < -0.39 is 0 Å². The highest BCUT2D eigenvalue weighted by atomic mass is 32.1. The average molecular weight is 299 g/mol. The smallest absolute Gasteiger partial charge is 0.147 e. The molecule has 108 valence electrons. The second kappa shape index (κ2) is 6.20. The van der Waals surface area contributed by atoms with Crippen molar-refractivity contribution in [3.05, 3.63) is 53.2 Å². The second-order valence-corrected chi connectivity index (χ2v) is 5.91. The summed E-state index contributed by atoms with van der Waals surface area (Å²) < 4.78 is 1.04. The van der Waals surface area contributed by atoms with Crippen molar-refractivity contribution < 1.29 is 5.11 Å². The van der Waals surface area contributed by atoms with Crippen molar-refractivity contribution in [1.82, 2.24) is 9.97 Å². The van der Waals surface area contributed by atoms with Gasteiger partial charge in [-0.05, 0) is 29.9 Å². The number of benzene rings is 1. The molecule has 0 aliphatic rings. The lowest BCUT2D eigenvalue weighted by atomic mass is 10.1. The summed E-state index contributed by atoms with van der Waals surface area (Å²) in [6.07, 6.45) is 2.33. The largest absolute Gasteiger partial charge is 0.394 e. The van der Waals surface area contributed by atoms with Gasteiger partial charge in [-0.15, -0.1) is 11.3 Å². The van der Waals surface area contributed by atoms with Gasteiger partial charge in [0.05, 0.1) is 22.9 Å². The van der Waals surface area contributed by atoms with E-state index >= 15 is 0 Å². The molecular weight excluding hydrogens is 282 g/mol. The number of nitrogens with zero attached hydrogens (tertiary/aromatic N) is 2. The lowest BCUT2D eigenvalue weighted by Gasteiger charge is -2.17. The molecule has 21 heavy (non-hydrogen) atoms. The predicted octanol–water partition coefficient (Wildman–Crippen LogP) is 3.02. The topological polar surface area (TPSA) is 58.0 Å². The second-order valence-electron chi connectivity index (χ2n) is 5.03. The summed E-state index contributed by atoms with van der Waals surface area (Å²) in [7, 11) is 0. The van der Waals surface area contributed by atoms with Crippen molar-refractivity contribution in [2.75, 3.05) is 11.9 Å². The van der Waals surface area contributed by atoms with E-state index in [4.69, 9.17) is 0 Å². The number of rotatable bonds is 5. The number of hydrogen-bond acceptors (Lipinski definition) is 5. The van der Waals surface area contributed by atoms with Crippen LogP contribution in [0.4, 0.5) is 5.82 Å². The molecule has 0 bridgehead atoms. The summed E-state index contributed by atoms with van der Waals surface area (Å²) in [5.74, 6) is 0.799. The van der Waals surface area contributed by atoms with Crippen LogP contribution in [0.3, 0.4) is 0 Å². The third-order valence-electron chi connectivity index (χ3n) is 3.42. The van der Waals surface area contributed by atoms with Crippen LogP contribution in [0.25, 0.3) is 10.2 Å². The van der Waals surface area contributed by atoms with Crippen LogP contribution in [0.1, 0.15) is 11.1 Å². The van der Waals surface area contributed by atoms with E-state index in [1.54, 1.807) is 17.7 Å². The summed E-state index contributed by atoms with van der Waals surface area (Å²) in [6.45, 7) is 2.11. The Labute approximate surface area is 127 Å². The fourth-order valence-corrected chi connectivity index (χ4v) is 3.28. The summed E-state index contributed by atoms with van der Waals surface area (Å²) in [5.41, 5.74) is 3.33. The summed E-state index contributed by atoms with van der Waals surface area (Å²) in [4.78, 5) is 8.64. The van der Waals surface area contributed by atoms with Gasteiger partial charge in [0.2, 0.25) is 0 Å². The van der Waals surface area contributed by atoms with Gasteiger partial charge in [0.1, 0.15) is 12.1 Å². The highest BCUT2D eigenvalue weighted by Crippen LogP contribution is 2.28. The van der Waals surface area contributed by atoms with Crippen LogP contribution < -0.4 is 5.32 Å². The third kappa shape index (κ3) is 3.04. The molecule has 2 heterocycles. The van der Waals surface area contributed by atoms with Crippen LogP contribution in [0, 0.1) is 6.92 Å². The fourth-order valence-electron chi connectivity index (χ4n) is 2.33. The first-order valence-corrected chi connectivity index (χ1v) is 7.76. The molecule has 1 aromatic carbocycles. The summed E-state index contributed by atoms with van der Waals surface area (Å²) in [6, 6.07) is 10.1. The number of hydrogen-bond donors (Lipinski definition) is 2. The maximum Gasteiger partial charge on any atom is 0.147 e. The van der Waals surface area contributed by atoms with Crippen molar-refractivity contribution >= 4 is 27.4 Å². The molecule has 5 heteroatoms. The molecule has 0 amide bonds. The minimum absolute atomic E-state index is 0.0603. The zero-order valence-electron chi connectivity index (χ0n) is 11.8. The molecule has 3 aromatic rings. The zero-order valence-corrected chi connectivity index (χ0v) is 12.6. The van der Waals surface area contributed by atoms with Gasteiger partial charge in [-0.2, -0.15) is 0 Å². The van der Waals surface area contributed by atoms with Crippen LogP contribution in [0.15, 0.2) is 42.0 Å². The first kappa shape index (κ1) is 14.0. The highest BCUT2D eigenvalue weighted by molar-refractivity contribution is 7.18. The monoisotopic (exact) mass is 299 g/mol. The van der Waals surface area contributed by atoms with E-state index in [1.165, 1.54) is 5.56 Å². The first-order valence-electron chi connectivity index (χ1n) is 6.88. The lowest BCUT2D eigenvalue weighted by Crippen LogP contribution is -2.26. The lowest BCUT2D eigenvalue weighted by molar-refractivity contribution is 0.273. The van der Waals surface area contributed by atoms with Gasteiger partial charge in [0.25, 0.3) is 0 Å². The number of thiophene rings is 1. The standard InChI is InChI=1S/C16H17N3OS/c1-11-9-21-15-14(11)17-10-18-16(15)19-13(8-20)7-12-5-3-2-4-6-12/h2-6,9-10,13,20H,7-8H2,1H3,(H,17,18,19). The van der Waals surface area contributed by atoms with Gasteiger partial charge < -0.3 is 10.4 Å². The van der Waals surface area contributed by atoms with Gasteiger partial charge in [0, 0.05) is 0 Å². The van der Waals surface area contributed by atoms with Crippen molar-refractivity contribution in [2.24, 2.45) is 0 Å². The normalized spacial score (nSPS) is 12.5. The molecule has 2 N–H and O–H groups in total. The summed E-state index contributed by atoms with van der Waals surface area (Å²) >= 11 is 1.63. The number of nitrogens with one attached hydrogen (secondary N) is 1. The van der Waals surface area contributed by atoms with E-state index in [0.29, 0.717) is 0 Å². The molecule has 1 unspecified atom stereocenters. The van der Waals surface area contributed by atoms with Crippen molar-refractivity contribution in [3.63, 3.8) is 0 Å². The Kier molecular flexibility index (Phi) is 4.13. The molecule has 0 radical (unpaired) electrons. The Balaban J connectivity index is 1.82. The van der Waals surface area contributed by atoms with E-state index in [-0.39, 0.29) is 12.6 Å². The number of aliphatic hydroxyl groups excluding tert-OH is 1. The van der Waals surface area contributed by atoms with Crippen molar-refractivity contribution in [2.45, 2.75) is 19.4 Å². The number of anilines is 1. The maximum atomic E-state index is 9.62. The predicted molar refractivity (Wildman–Crippen MR) is 86.8 cm³/mol. The van der Waals surface area contributed by atoms with Crippen LogP contribution in [0.5, 0.6) is 0 Å². The van der Waals surface area contributed by atoms with Crippen LogP contribution in [0.2, 0.25) is 0 Å². The molecule has 0 fully saturated rings. The van der Waals surface area contributed by atoms with E-state index in [2.05, 4.69) is 32.8 Å². The maximum absolute atomic E-state index is 9.62. The van der Waals surface area contributed by atoms with Crippen molar-refractivity contribution in [3.8, 4) is 0 Å². The van der Waals surface area contributed by atoms with Crippen LogP contribution in [-0.4, -0.2) is 27.7 Å². The van der Waals surface area contributed by atoms with Gasteiger partial charge in [-0.25, -0.2) is 9.97 Å². The Hall–Kier alpha value is -1.98. The highest BCUT2D eigenvalue weighted by Gasteiger charge is 2.13. The number of aliphatic hydroxyl groups is 1. The molecule has 4 nitrogen and oxygen atoms in total. The average Bonchev–Trinajstić information content (AvgIpc) is 2.90. The van der Waals surface area contributed by atoms with Gasteiger partial charge in [-0.1, -0.05) is 30.3 Å². The quantitative estimate of drug-likeness (QED) is 0.760. The van der Waals surface area contributed by atoms with Gasteiger partial charge in [-0.3, -0.25) is 0 Å². The van der Waals surface area contributed by atoms with E-state index in [1.807, 2.05) is 25.1 Å². The molecule has 0 aliphatic heterocycles. The molecule has 0 spiro atoms. The van der Waals surface area contributed by atoms with E-state index in [9.17, 15) is 5.11 Å². The molecule has 0 saturated heterocycles. The summed E-state index contributed by atoms with van der Waals surface area (Å²) in [5, 5.41) is 15.0. The molecule has 2 aromatic heterocycles. The molecular formula is C16H17N3OS. The van der Waals surface area contributed by atoms with Gasteiger partial charge in [0.15, 0.2) is 0 Å². The van der Waals surface area contributed by atoms with Crippen LogP contribution >= 0.6 is 11.3 Å². The Bertz CT molecular complexity index is 727. The first-order chi connectivity index (χ1) is 10.3. The number of fused-ring (bicyclic) bond motifs is 1.